The number of ketones is 1. The van der Waals surface area contributed by atoms with Crippen LogP contribution in [0.1, 0.15) is 38.2 Å². The summed E-state index contributed by atoms with van der Waals surface area (Å²) in [6.45, 7) is 2.07. The lowest BCUT2D eigenvalue weighted by Crippen LogP contribution is -2.34. The van der Waals surface area contributed by atoms with E-state index in [0.29, 0.717) is 20.7 Å². The summed E-state index contributed by atoms with van der Waals surface area (Å²) in [7, 11) is 0. The second kappa shape index (κ2) is 10.7. The molecule has 7 heteroatoms. The third-order valence-electron chi connectivity index (χ3n) is 7.65. The highest BCUT2D eigenvalue weighted by atomic mass is 35.5. The predicted molar refractivity (Wildman–Crippen MR) is 178 cm³/mol. The van der Waals surface area contributed by atoms with E-state index >= 15 is 0 Å². The summed E-state index contributed by atoms with van der Waals surface area (Å²) in [6, 6.07) is 42.2. The molecule has 0 bridgehead atoms. The van der Waals surface area contributed by atoms with Crippen molar-refractivity contribution in [2.45, 2.75) is 15.9 Å². The number of hydrogen-bond donors (Lipinski definition) is 0. The average Bonchev–Trinajstić information content (AvgIpc) is 3.55. The lowest BCUT2D eigenvalue weighted by atomic mass is 9.82. The summed E-state index contributed by atoms with van der Waals surface area (Å²) >= 11 is 16.1. The van der Waals surface area contributed by atoms with E-state index in [1.807, 2.05) is 59.6 Å². The van der Waals surface area contributed by atoms with Crippen LogP contribution in [0.2, 0.25) is 10.0 Å². The van der Waals surface area contributed by atoms with E-state index in [9.17, 15) is 4.79 Å². The van der Waals surface area contributed by atoms with Crippen molar-refractivity contribution in [2.24, 2.45) is 5.10 Å². The number of benzene rings is 5. The number of rotatable bonds is 5. The van der Waals surface area contributed by atoms with Gasteiger partial charge in [0.15, 0.2) is 9.25 Å². The maximum Gasteiger partial charge on any atom is 0.219 e. The Labute approximate surface area is 263 Å². The van der Waals surface area contributed by atoms with Crippen LogP contribution in [0.4, 0.5) is 5.69 Å². The van der Waals surface area contributed by atoms with Crippen LogP contribution in [0.15, 0.2) is 132 Å². The van der Waals surface area contributed by atoms with E-state index in [2.05, 4.69) is 79.7 Å². The fraction of sp³-hybridized carbons (Fsp3) is 0.0857. The molecule has 5 aromatic rings. The van der Waals surface area contributed by atoms with E-state index in [1.54, 1.807) is 11.8 Å². The Kier molecular flexibility index (Phi) is 6.94. The second-order valence-corrected chi connectivity index (χ2v) is 14.0. The highest BCUT2D eigenvalue weighted by molar-refractivity contribution is 8.27. The summed E-state index contributed by atoms with van der Waals surface area (Å²) in [5.41, 5.74) is 7.06. The van der Waals surface area contributed by atoms with Crippen LogP contribution in [0.3, 0.4) is 0 Å². The first-order valence-corrected chi connectivity index (χ1v) is 15.9. The quantitative estimate of drug-likeness (QED) is 0.183. The van der Waals surface area contributed by atoms with Gasteiger partial charge in [0.2, 0.25) is 5.78 Å². The van der Waals surface area contributed by atoms with Crippen LogP contribution in [0, 0.1) is 6.92 Å². The molecule has 42 heavy (non-hydrogen) atoms. The number of carbonyl (C=O) groups is 1. The Bertz CT molecular complexity index is 1780. The van der Waals surface area contributed by atoms with Crippen molar-refractivity contribution < 1.29 is 4.79 Å². The first-order chi connectivity index (χ1) is 20.4. The van der Waals surface area contributed by atoms with Crippen LogP contribution in [-0.2, 0) is 8.95 Å². The minimum atomic E-state index is -0.773. The van der Waals surface area contributed by atoms with E-state index in [0.717, 1.165) is 33.5 Å². The Morgan fingerprint density at radius 1 is 0.690 bits per heavy atom. The highest BCUT2D eigenvalue weighted by Gasteiger charge is 2.61. The molecule has 5 aromatic carbocycles. The zero-order valence-electron chi connectivity index (χ0n) is 22.5. The molecule has 3 nitrogen and oxygen atoms in total. The van der Waals surface area contributed by atoms with Gasteiger partial charge in [0.1, 0.15) is 0 Å². The number of Topliss-reactive ketones (excluding diaryl/α,β-unsaturated/α-hetero) is 1. The van der Waals surface area contributed by atoms with Crippen molar-refractivity contribution in [3.8, 4) is 0 Å². The molecule has 2 heterocycles. The van der Waals surface area contributed by atoms with Crippen molar-refractivity contribution >= 4 is 63.2 Å². The van der Waals surface area contributed by atoms with Gasteiger partial charge in [0.05, 0.1) is 10.4 Å². The van der Waals surface area contributed by atoms with Gasteiger partial charge in [-0.25, -0.2) is 5.01 Å². The van der Waals surface area contributed by atoms with Gasteiger partial charge in [-0.3, -0.25) is 4.79 Å². The van der Waals surface area contributed by atoms with Crippen LogP contribution < -0.4 is 5.01 Å². The third-order valence-corrected chi connectivity index (χ3v) is 11.5. The van der Waals surface area contributed by atoms with E-state index in [-0.39, 0.29) is 5.78 Å². The number of nitrogens with zero attached hydrogens (tertiary/aromatic N) is 2. The van der Waals surface area contributed by atoms with Crippen LogP contribution in [-0.4, -0.2) is 10.8 Å². The second-order valence-electron chi connectivity index (χ2n) is 10.3. The zero-order chi connectivity index (χ0) is 28.9. The van der Waals surface area contributed by atoms with Gasteiger partial charge in [-0.05, 0) is 60.0 Å². The molecule has 0 N–H and O–H groups in total. The van der Waals surface area contributed by atoms with Gasteiger partial charge in [-0.1, -0.05) is 143 Å². The molecule has 2 aliphatic heterocycles. The van der Waals surface area contributed by atoms with Crippen LogP contribution in [0.5, 0.6) is 0 Å². The Morgan fingerprint density at radius 3 is 1.83 bits per heavy atom. The number of fused-ring (bicyclic) bond motifs is 2. The Morgan fingerprint density at radius 2 is 1.24 bits per heavy atom. The maximum absolute atomic E-state index is 13.9. The summed E-state index contributed by atoms with van der Waals surface area (Å²) in [4.78, 5) is 13.9. The molecular formula is C35H24Cl2N2OS2. The fourth-order valence-electron chi connectivity index (χ4n) is 5.65. The van der Waals surface area contributed by atoms with Crippen molar-refractivity contribution in [3.05, 3.63) is 171 Å². The van der Waals surface area contributed by atoms with Crippen molar-refractivity contribution in [3.63, 3.8) is 0 Å². The Hall–Kier alpha value is -3.48. The normalized spacial score (nSPS) is 18.6. The Balaban J connectivity index is 1.48. The van der Waals surface area contributed by atoms with E-state index < -0.39 is 8.95 Å². The van der Waals surface area contributed by atoms with E-state index in [4.69, 9.17) is 28.3 Å². The molecule has 0 saturated heterocycles. The highest BCUT2D eigenvalue weighted by Crippen LogP contribution is 2.71. The minimum absolute atomic E-state index is 0.0943. The van der Waals surface area contributed by atoms with Gasteiger partial charge < -0.3 is 0 Å². The molecule has 2 aliphatic rings. The monoisotopic (exact) mass is 622 g/mol. The number of thioether (sulfide) groups is 2. The van der Waals surface area contributed by atoms with Crippen molar-refractivity contribution in [1.82, 2.24) is 0 Å². The van der Waals surface area contributed by atoms with Gasteiger partial charge in [-0.2, -0.15) is 5.10 Å². The number of carbonyl (C=O) groups excluding carboxylic acids is 1. The third kappa shape index (κ3) is 4.38. The predicted octanol–water partition coefficient (Wildman–Crippen LogP) is 9.90. The minimum Gasteiger partial charge on any atom is -0.286 e. The summed E-state index contributed by atoms with van der Waals surface area (Å²) in [6.07, 6.45) is 0. The maximum atomic E-state index is 13.9. The fourth-order valence-corrected chi connectivity index (χ4v) is 9.53. The van der Waals surface area contributed by atoms with Gasteiger partial charge in [-0.15, -0.1) is 0 Å². The van der Waals surface area contributed by atoms with Crippen LogP contribution >= 0.6 is 46.7 Å². The molecule has 7 rings (SSSR count). The molecule has 0 saturated carbocycles. The van der Waals surface area contributed by atoms with Crippen molar-refractivity contribution in [1.29, 1.82) is 0 Å². The molecular weight excluding hydrogens is 599 g/mol. The van der Waals surface area contributed by atoms with Crippen LogP contribution in [0.25, 0.3) is 0 Å². The molecule has 1 spiro atoms. The lowest BCUT2D eigenvalue weighted by Gasteiger charge is -2.37. The molecule has 206 valence electrons. The molecule has 0 radical (unpaired) electrons. The lowest BCUT2D eigenvalue weighted by molar-refractivity contribution is 0.106. The number of hydrogen-bond acceptors (Lipinski definition) is 5. The molecule has 0 unspecified atom stereocenters. The van der Waals surface area contributed by atoms with Crippen molar-refractivity contribution in [2.75, 3.05) is 5.01 Å². The molecule has 0 aliphatic carbocycles. The SMILES string of the molecule is Cc1ccc(N2N=C(C(=O)c3ccccc3)S[C@]23SC(c2ccc(Cl)cc2)(c2ccc(Cl)cc2)c2ccccc23)cc1. The summed E-state index contributed by atoms with van der Waals surface area (Å²) in [5, 5.41) is 8.91. The molecule has 0 amide bonds. The largest absolute Gasteiger partial charge is 0.286 e. The van der Waals surface area contributed by atoms with E-state index in [1.165, 1.54) is 11.8 Å². The molecule has 1 atom stereocenters. The molecule has 0 aromatic heterocycles. The smallest absolute Gasteiger partial charge is 0.219 e. The summed E-state index contributed by atoms with van der Waals surface area (Å²) < 4.78 is -1.41. The standard InChI is InChI=1S/C35H24Cl2N2OS2/c1-23-11-21-29(22-12-23)39-35(41-33(38-39)32(40)24-7-3-2-4-8-24)31-10-6-5-9-30(31)34(42-35,25-13-17-27(36)18-14-25)26-15-19-28(37)20-16-26/h2-22H,1H3/t35-/m1/s1. The molecule has 0 fully saturated rings. The number of aryl methyl sites for hydroxylation is 1. The number of hydrazone groups is 1. The topological polar surface area (TPSA) is 32.7 Å². The van der Waals surface area contributed by atoms with Gasteiger partial charge in [0, 0.05) is 21.2 Å². The summed E-state index contributed by atoms with van der Waals surface area (Å²) in [5.74, 6) is -0.0943. The zero-order valence-corrected chi connectivity index (χ0v) is 25.6. The van der Waals surface area contributed by atoms with Gasteiger partial charge >= 0.3 is 0 Å². The first kappa shape index (κ1) is 27.4. The number of halogens is 2. The first-order valence-electron chi connectivity index (χ1n) is 13.5. The number of anilines is 1. The average molecular weight is 624 g/mol. The van der Waals surface area contributed by atoms with Gasteiger partial charge in [0.25, 0.3) is 0 Å².